The number of fused-ring (bicyclic) bond motifs is 1. The predicted octanol–water partition coefficient (Wildman–Crippen LogP) is 2.48. The third kappa shape index (κ3) is 2.40. The first kappa shape index (κ1) is 12.1. The normalized spacial score (nSPS) is 17.4. The van der Waals surface area contributed by atoms with Crippen molar-refractivity contribution in [2.75, 3.05) is 11.5 Å². The SMILES string of the molecule is NCc1cccn2cc(CC3CCSCC3)nc12. The Kier molecular flexibility index (Phi) is 3.57. The number of thioether (sulfide) groups is 1. The van der Waals surface area contributed by atoms with Gasteiger partial charge in [-0.05, 0) is 42.8 Å². The van der Waals surface area contributed by atoms with E-state index in [0.717, 1.165) is 23.5 Å². The van der Waals surface area contributed by atoms with Crippen LogP contribution in [0.15, 0.2) is 24.5 Å². The van der Waals surface area contributed by atoms with Gasteiger partial charge in [-0.2, -0.15) is 11.8 Å². The van der Waals surface area contributed by atoms with Crippen molar-refractivity contribution in [1.82, 2.24) is 9.38 Å². The summed E-state index contributed by atoms with van der Waals surface area (Å²) in [7, 11) is 0. The summed E-state index contributed by atoms with van der Waals surface area (Å²) in [5.41, 5.74) is 9.12. The number of imidazole rings is 1. The van der Waals surface area contributed by atoms with Crippen molar-refractivity contribution < 1.29 is 0 Å². The second-order valence-electron chi connectivity index (χ2n) is 4.96. The van der Waals surface area contributed by atoms with Crippen LogP contribution in [0.4, 0.5) is 0 Å². The van der Waals surface area contributed by atoms with Gasteiger partial charge in [0, 0.05) is 24.5 Å². The molecule has 0 aliphatic carbocycles. The molecule has 0 bridgehead atoms. The number of nitrogens with two attached hydrogens (primary N) is 1. The minimum Gasteiger partial charge on any atom is -0.326 e. The summed E-state index contributed by atoms with van der Waals surface area (Å²) < 4.78 is 2.11. The van der Waals surface area contributed by atoms with Crippen LogP contribution in [-0.4, -0.2) is 20.9 Å². The second kappa shape index (κ2) is 5.33. The van der Waals surface area contributed by atoms with E-state index in [-0.39, 0.29) is 0 Å². The Balaban J connectivity index is 1.84. The van der Waals surface area contributed by atoms with Gasteiger partial charge in [0.2, 0.25) is 0 Å². The molecule has 2 aromatic rings. The first-order valence-corrected chi connectivity index (χ1v) is 7.75. The van der Waals surface area contributed by atoms with Crippen molar-refractivity contribution in [2.24, 2.45) is 11.7 Å². The molecule has 1 fully saturated rings. The minimum absolute atomic E-state index is 0.556. The average molecular weight is 261 g/mol. The molecule has 0 atom stereocenters. The highest BCUT2D eigenvalue weighted by molar-refractivity contribution is 7.99. The van der Waals surface area contributed by atoms with Crippen LogP contribution in [-0.2, 0) is 13.0 Å². The fourth-order valence-electron chi connectivity index (χ4n) is 2.63. The molecule has 0 radical (unpaired) electrons. The average Bonchev–Trinajstić information content (AvgIpc) is 2.82. The van der Waals surface area contributed by atoms with Crippen molar-refractivity contribution in [1.29, 1.82) is 0 Å². The predicted molar refractivity (Wildman–Crippen MR) is 76.8 cm³/mol. The van der Waals surface area contributed by atoms with Crippen molar-refractivity contribution in [3.8, 4) is 0 Å². The molecule has 0 spiro atoms. The molecule has 18 heavy (non-hydrogen) atoms. The Morgan fingerprint density at radius 3 is 3.00 bits per heavy atom. The quantitative estimate of drug-likeness (QED) is 0.923. The monoisotopic (exact) mass is 261 g/mol. The lowest BCUT2D eigenvalue weighted by Gasteiger charge is -2.19. The Bertz CT molecular complexity index is 529. The van der Waals surface area contributed by atoms with E-state index in [1.54, 1.807) is 0 Å². The molecule has 3 rings (SSSR count). The Hall–Kier alpha value is -1.00. The van der Waals surface area contributed by atoms with Gasteiger partial charge in [-0.3, -0.25) is 0 Å². The molecule has 0 aromatic carbocycles. The number of hydrogen-bond acceptors (Lipinski definition) is 3. The van der Waals surface area contributed by atoms with Crippen LogP contribution in [0.1, 0.15) is 24.1 Å². The zero-order valence-corrected chi connectivity index (χ0v) is 11.3. The maximum absolute atomic E-state index is 5.75. The highest BCUT2D eigenvalue weighted by Crippen LogP contribution is 2.26. The van der Waals surface area contributed by atoms with Crippen LogP contribution in [0.3, 0.4) is 0 Å². The summed E-state index contributed by atoms with van der Waals surface area (Å²) >= 11 is 2.08. The van der Waals surface area contributed by atoms with E-state index in [2.05, 4.69) is 34.6 Å². The Morgan fingerprint density at radius 1 is 1.39 bits per heavy atom. The van der Waals surface area contributed by atoms with E-state index in [1.807, 2.05) is 6.07 Å². The van der Waals surface area contributed by atoms with Gasteiger partial charge in [-0.15, -0.1) is 0 Å². The lowest BCUT2D eigenvalue weighted by molar-refractivity contribution is 0.483. The van der Waals surface area contributed by atoms with Gasteiger partial charge in [-0.25, -0.2) is 4.98 Å². The van der Waals surface area contributed by atoms with E-state index in [9.17, 15) is 0 Å². The van der Waals surface area contributed by atoms with Gasteiger partial charge < -0.3 is 10.1 Å². The number of rotatable bonds is 3. The summed E-state index contributed by atoms with van der Waals surface area (Å²) in [4.78, 5) is 4.75. The third-order valence-electron chi connectivity index (χ3n) is 3.67. The van der Waals surface area contributed by atoms with Gasteiger partial charge in [0.15, 0.2) is 0 Å². The molecule has 2 aromatic heterocycles. The molecule has 3 heterocycles. The Morgan fingerprint density at radius 2 is 2.22 bits per heavy atom. The molecule has 1 saturated heterocycles. The van der Waals surface area contributed by atoms with Crippen LogP contribution >= 0.6 is 11.8 Å². The smallest absolute Gasteiger partial charge is 0.141 e. The molecular formula is C14H19N3S. The molecule has 3 nitrogen and oxygen atoms in total. The maximum Gasteiger partial charge on any atom is 0.141 e. The highest BCUT2D eigenvalue weighted by Gasteiger charge is 2.16. The number of nitrogens with zero attached hydrogens (tertiary/aromatic N) is 2. The zero-order chi connectivity index (χ0) is 12.4. The van der Waals surface area contributed by atoms with Crippen molar-refractivity contribution in [3.63, 3.8) is 0 Å². The van der Waals surface area contributed by atoms with E-state index >= 15 is 0 Å². The van der Waals surface area contributed by atoms with E-state index in [4.69, 9.17) is 10.7 Å². The summed E-state index contributed by atoms with van der Waals surface area (Å²) in [6, 6.07) is 4.10. The van der Waals surface area contributed by atoms with Crippen molar-refractivity contribution in [2.45, 2.75) is 25.8 Å². The largest absolute Gasteiger partial charge is 0.326 e. The number of pyridine rings is 1. The summed E-state index contributed by atoms with van der Waals surface area (Å²) in [6.07, 6.45) is 8.01. The molecule has 0 amide bonds. The second-order valence-corrected chi connectivity index (χ2v) is 6.19. The molecule has 1 aliphatic rings. The van der Waals surface area contributed by atoms with Gasteiger partial charge in [0.05, 0.1) is 5.69 Å². The van der Waals surface area contributed by atoms with Gasteiger partial charge in [0.25, 0.3) is 0 Å². The van der Waals surface area contributed by atoms with E-state index < -0.39 is 0 Å². The topological polar surface area (TPSA) is 43.3 Å². The van der Waals surface area contributed by atoms with Crippen LogP contribution in [0, 0.1) is 5.92 Å². The highest BCUT2D eigenvalue weighted by atomic mass is 32.2. The van der Waals surface area contributed by atoms with E-state index in [1.165, 1.54) is 30.0 Å². The third-order valence-corrected chi connectivity index (χ3v) is 4.72. The molecule has 2 N–H and O–H groups in total. The summed E-state index contributed by atoms with van der Waals surface area (Å²) in [5.74, 6) is 3.44. The molecule has 96 valence electrons. The number of hydrogen-bond donors (Lipinski definition) is 1. The van der Waals surface area contributed by atoms with Crippen molar-refractivity contribution >= 4 is 17.4 Å². The zero-order valence-electron chi connectivity index (χ0n) is 10.5. The Labute approximate surface area is 112 Å². The lowest BCUT2D eigenvalue weighted by Crippen LogP contribution is -2.12. The molecule has 1 aliphatic heterocycles. The fraction of sp³-hybridized carbons (Fsp3) is 0.500. The standard InChI is InChI=1S/C14H19N3S/c15-9-12-2-1-5-17-10-13(16-14(12)17)8-11-3-6-18-7-4-11/h1-2,5,10-11H,3-4,6-9,15H2. The number of aromatic nitrogens is 2. The molecular weight excluding hydrogens is 242 g/mol. The van der Waals surface area contributed by atoms with Gasteiger partial charge in [0.1, 0.15) is 5.65 Å². The van der Waals surface area contributed by atoms with Gasteiger partial charge in [-0.1, -0.05) is 6.07 Å². The lowest BCUT2D eigenvalue weighted by atomic mass is 9.97. The first-order chi connectivity index (χ1) is 8.86. The van der Waals surface area contributed by atoms with Gasteiger partial charge >= 0.3 is 0 Å². The van der Waals surface area contributed by atoms with E-state index in [0.29, 0.717) is 6.54 Å². The van der Waals surface area contributed by atoms with Crippen LogP contribution < -0.4 is 5.73 Å². The maximum atomic E-state index is 5.75. The molecule has 0 saturated carbocycles. The van der Waals surface area contributed by atoms with Crippen LogP contribution in [0.2, 0.25) is 0 Å². The van der Waals surface area contributed by atoms with Crippen LogP contribution in [0.5, 0.6) is 0 Å². The minimum atomic E-state index is 0.556. The first-order valence-electron chi connectivity index (χ1n) is 6.60. The molecule has 4 heteroatoms. The molecule has 0 unspecified atom stereocenters. The summed E-state index contributed by atoms with van der Waals surface area (Å²) in [6.45, 7) is 0.556. The summed E-state index contributed by atoms with van der Waals surface area (Å²) in [5, 5.41) is 0. The fourth-order valence-corrected chi connectivity index (χ4v) is 3.83. The van der Waals surface area contributed by atoms with Crippen LogP contribution in [0.25, 0.3) is 5.65 Å². The van der Waals surface area contributed by atoms with Crippen molar-refractivity contribution in [3.05, 3.63) is 35.8 Å².